The molecule has 0 saturated carbocycles. The van der Waals surface area contributed by atoms with Gasteiger partial charge < -0.3 is 9.84 Å². The smallest absolute Gasteiger partial charge is 0.389 e. The van der Waals surface area contributed by atoms with Crippen molar-refractivity contribution in [2.75, 3.05) is 6.61 Å². The highest BCUT2D eigenvalue weighted by Gasteiger charge is 2.30. The van der Waals surface area contributed by atoms with Crippen LogP contribution in [0.4, 0.5) is 13.2 Å². The molecule has 0 aliphatic heterocycles. The monoisotopic (exact) mass is 291 g/mol. The molecule has 0 amide bonds. The number of pyridine rings is 1. The molecule has 0 fully saturated rings. The first kappa shape index (κ1) is 16.8. The summed E-state index contributed by atoms with van der Waals surface area (Å²) in [6, 6.07) is 1.62. The van der Waals surface area contributed by atoms with E-state index in [0.717, 1.165) is 6.42 Å². The second-order valence-corrected chi connectivity index (χ2v) is 5.00. The lowest BCUT2D eigenvalue weighted by Gasteiger charge is -2.24. The first-order valence-corrected chi connectivity index (χ1v) is 6.62. The number of aromatic nitrogens is 1. The Labute approximate surface area is 116 Å². The molecule has 114 valence electrons. The van der Waals surface area contributed by atoms with Crippen LogP contribution >= 0.6 is 0 Å². The van der Waals surface area contributed by atoms with Gasteiger partial charge in [0.25, 0.3) is 0 Å². The van der Waals surface area contributed by atoms with Gasteiger partial charge in [-0.1, -0.05) is 6.92 Å². The maximum absolute atomic E-state index is 12.1. The summed E-state index contributed by atoms with van der Waals surface area (Å²) in [4.78, 5) is 3.95. The summed E-state index contributed by atoms with van der Waals surface area (Å²) >= 11 is 0. The van der Waals surface area contributed by atoms with Crippen molar-refractivity contribution in [3.05, 3.63) is 24.0 Å². The SMILES string of the molecule is CCCOc1cncc(C(C)(O)CCCC(F)(F)F)c1. The molecule has 0 spiro atoms. The minimum absolute atomic E-state index is 0.0193. The molecule has 0 saturated heterocycles. The number of ether oxygens (including phenoxy) is 1. The fourth-order valence-electron chi connectivity index (χ4n) is 1.79. The summed E-state index contributed by atoms with van der Waals surface area (Å²) in [5.41, 5.74) is -0.877. The third-order valence-electron chi connectivity index (χ3n) is 2.93. The van der Waals surface area contributed by atoms with E-state index in [-0.39, 0.29) is 12.8 Å². The van der Waals surface area contributed by atoms with E-state index < -0.39 is 18.2 Å². The van der Waals surface area contributed by atoms with E-state index in [1.165, 1.54) is 19.3 Å². The molecule has 1 aromatic rings. The average Bonchev–Trinajstić information content (AvgIpc) is 2.35. The van der Waals surface area contributed by atoms with Gasteiger partial charge in [-0.25, -0.2) is 0 Å². The van der Waals surface area contributed by atoms with Gasteiger partial charge in [0, 0.05) is 18.2 Å². The number of aliphatic hydroxyl groups is 1. The molecule has 1 unspecified atom stereocenters. The van der Waals surface area contributed by atoms with Gasteiger partial charge in [-0.05, 0) is 32.3 Å². The molecule has 1 aromatic heterocycles. The van der Waals surface area contributed by atoms with Crippen LogP contribution in [-0.4, -0.2) is 22.9 Å². The lowest BCUT2D eigenvalue weighted by atomic mass is 9.91. The Bertz CT molecular complexity index is 419. The number of hydrogen-bond donors (Lipinski definition) is 1. The lowest BCUT2D eigenvalue weighted by Crippen LogP contribution is -2.22. The van der Waals surface area contributed by atoms with Crippen molar-refractivity contribution in [3.8, 4) is 5.75 Å². The molecule has 1 N–H and O–H groups in total. The molecule has 0 aromatic carbocycles. The predicted octanol–water partition coefficient (Wildman–Crippen LogP) is 3.81. The average molecular weight is 291 g/mol. The molecule has 3 nitrogen and oxygen atoms in total. The molecule has 6 heteroatoms. The minimum Gasteiger partial charge on any atom is -0.492 e. The summed E-state index contributed by atoms with van der Waals surface area (Å²) in [6.07, 6.45) is -1.39. The second kappa shape index (κ2) is 6.92. The van der Waals surface area contributed by atoms with Gasteiger partial charge in [0.15, 0.2) is 0 Å². The van der Waals surface area contributed by atoms with Crippen molar-refractivity contribution in [1.82, 2.24) is 4.98 Å². The number of rotatable bonds is 7. The van der Waals surface area contributed by atoms with Crippen molar-refractivity contribution in [3.63, 3.8) is 0 Å². The summed E-state index contributed by atoms with van der Waals surface area (Å²) < 4.78 is 41.8. The summed E-state index contributed by atoms with van der Waals surface area (Å²) in [5.74, 6) is 0.514. The first-order valence-electron chi connectivity index (χ1n) is 6.62. The zero-order valence-electron chi connectivity index (χ0n) is 11.7. The Morgan fingerprint density at radius 2 is 1.95 bits per heavy atom. The second-order valence-electron chi connectivity index (χ2n) is 5.00. The van der Waals surface area contributed by atoms with E-state index in [9.17, 15) is 18.3 Å². The zero-order valence-corrected chi connectivity index (χ0v) is 11.7. The van der Waals surface area contributed by atoms with E-state index in [4.69, 9.17) is 4.74 Å². The Morgan fingerprint density at radius 3 is 2.55 bits per heavy atom. The largest absolute Gasteiger partial charge is 0.492 e. The first-order chi connectivity index (χ1) is 9.24. The Morgan fingerprint density at radius 1 is 1.25 bits per heavy atom. The van der Waals surface area contributed by atoms with Gasteiger partial charge in [0.2, 0.25) is 0 Å². The fourth-order valence-corrected chi connectivity index (χ4v) is 1.79. The summed E-state index contributed by atoms with van der Waals surface area (Å²) in [6.45, 7) is 3.98. The zero-order chi connectivity index (χ0) is 15.2. The fraction of sp³-hybridized carbons (Fsp3) is 0.643. The molecule has 0 aliphatic carbocycles. The van der Waals surface area contributed by atoms with Crippen LogP contribution in [0.15, 0.2) is 18.5 Å². The van der Waals surface area contributed by atoms with Crippen molar-refractivity contribution < 1.29 is 23.0 Å². The van der Waals surface area contributed by atoms with Crippen molar-refractivity contribution in [1.29, 1.82) is 0 Å². The summed E-state index contributed by atoms with van der Waals surface area (Å²) in [7, 11) is 0. The lowest BCUT2D eigenvalue weighted by molar-refractivity contribution is -0.137. The molecule has 20 heavy (non-hydrogen) atoms. The van der Waals surface area contributed by atoms with Crippen LogP contribution in [-0.2, 0) is 5.60 Å². The topological polar surface area (TPSA) is 42.4 Å². The van der Waals surface area contributed by atoms with Crippen LogP contribution in [0.3, 0.4) is 0 Å². The Hall–Kier alpha value is -1.30. The van der Waals surface area contributed by atoms with Crippen molar-refractivity contribution in [2.45, 2.75) is 51.3 Å². The third-order valence-corrected chi connectivity index (χ3v) is 2.93. The number of nitrogens with zero attached hydrogens (tertiary/aromatic N) is 1. The van der Waals surface area contributed by atoms with Crippen LogP contribution in [0.5, 0.6) is 5.75 Å². The van der Waals surface area contributed by atoms with Crippen LogP contribution in [0.2, 0.25) is 0 Å². The van der Waals surface area contributed by atoms with Gasteiger partial charge in [-0.2, -0.15) is 13.2 Å². The molecule has 1 rings (SSSR count). The van der Waals surface area contributed by atoms with Crippen molar-refractivity contribution >= 4 is 0 Å². The molecular weight excluding hydrogens is 271 g/mol. The molecule has 1 heterocycles. The minimum atomic E-state index is -4.19. The Balaban J connectivity index is 2.66. The molecule has 0 aliphatic rings. The highest BCUT2D eigenvalue weighted by Crippen LogP contribution is 2.31. The van der Waals surface area contributed by atoms with Crippen LogP contribution in [0, 0.1) is 0 Å². The van der Waals surface area contributed by atoms with Gasteiger partial charge in [0.1, 0.15) is 5.75 Å². The standard InChI is InChI=1S/C14H20F3NO2/c1-3-7-20-12-8-11(9-18-10-12)13(2,19)5-4-6-14(15,16)17/h8-10,19H,3-7H2,1-2H3. The predicted molar refractivity (Wildman–Crippen MR) is 69.5 cm³/mol. The van der Waals surface area contributed by atoms with Crippen molar-refractivity contribution in [2.24, 2.45) is 0 Å². The van der Waals surface area contributed by atoms with E-state index in [2.05, 4.69) is 4.98 Å². The van der Waals surface area contributed by atoms with Gasteiger partial charge >= 0.3 is 6.18 Å². The maximum Gasteiger partial charge on any atom is 0.389 e. The maximum atomic E-state index is 12.1. The number of alkyl halides is 3. The van der Waals surface area contributed by atoms with Crippen LogP contribution < -0.4 is 4.74 Å². The summed E-state index contributed by atoms with van der Waals surface area (Å²) in [5, 5.41) is 10.3. The third kappa shape index (κ3) is 5.77. The van der Waals surface area contributed by atoms with E-state index in [1.54, 1.807) is 6.07 Å². The normalized spacial score (nSPS) is 14.9. The molecule has 0 bridgehead atoms. The van der Waals surface area contributed by atoms with E-state index in [1.807, 2.05) is 6.92 Å². The van der Waals surface area contributed by atoms with Crippen LogP contribution in [0.25, 0.3) is 0 Å². The van der Waals surface area contributed by atoms with Gasteiger partial charge in [0.05, 0.1) is 18.4 Å². The van der Waals surface area contributed by atoms with Gasteiger partial charge in [-0.15, -0.1) is 0 Å². The quantitative estimate of drug-likeness (QED) is 0.830. The van der Waals surface area contributed by atoms with E-state index >= 15 is 0 Å². The van der Waals surface area contributed by atoms with E-state index in [0.29, 0.717) is 17.9 Å². The molecule has 0 radical (unpaired) electrons. The molecule has 1 atom stereocenters. The molecular formula is C14H20F3NO2. The Kier molecular flexibility index (Phi) is 5.80. The highest BCUT2D eigenvalue weighted by molar-refractivity contribution is 5.27. The number of halogens is 3. The van der Waals surface area contributed by atoms with Gasteiger partial charge in [-0.3, -0.25) is 4.98 Å². The highest BCUT2D eigenvalue weighted by atomic mass is 19.4. The van der Waals surface area contributed by atoms with Crippen LogP contribution in [0.1, 0.15) is 45.1 Å². The number of hydrogen-bond acceptors (Lipinski definition) is 3.